The van der Waals surface area contributed by atoms with Crippen LogP contribution in [0.3, 0.4) is 0 Å². The fourth-order valence-corrected chi connectivity index (χ4v) is 8.43. The predicted octanol–water partition coefficient (Wildman–Crippen LogP) is 5.16. The molecule has 2 saturated heterocycles. The molecule has 3 aliphatic rings. The Hall–Kier alpha value is -3.24. The Bertz CT molecular complexity index is 1610. The van der Waals surface area contributed by atoms with Crippen LogP contribution in [0, 0.1) is 24.0 Å². The first-order valence-corrected chi connectivity index (χ1v) is 15.0. The average molecular weight is 581 g/mol. The number of piperazine rings is 1. The lowest BCUT2D eigenvalue weighted by Crippen LogP contribution is -2.58. The third-order valence-corrected chi connectivity index (χ3v) is 10.3. The maximum Gasteiger partial charge on any atom is 0.350 e. The number of amides is 1. The molecule has 6 rings (SSSR count). The highest BCUT2D eigenvalue weighted by Crippen LogP contribution is 2.49. The normalized spacial score (nSPS) is 22.2. The minimum atomic E-state index is -0.636. The minimum absolute atomic E-state index is 0.118. The van der Waals surface area contributed by atoms with Gasteiger partial charge >= 0.3 is 5.69 Å². The van der Waals surface area contributed by atoms with Crippen molar-refractivity contribution in [3.05, 3.63) is 64.6 Å². The molecular formula is C31H34F2N4O3S. The van der Waals surface area contributed by atoms with E-state index in [0.717, 1.165) is 46.0 Å². The number of nitrogens with zero attached hydrogens (tertiary/aromatic N) is 4. The summed E-state index contributed by atoms with van der Waals surface area (Å²) in [6.45, 7) is 12.3. The molecule has 216 valence electrons. The van der Waals surface area contributed by atoms with Crippen LogP contribution < -0.4 is 10.6 Å². The molecule has 2 atom stereocenters. The second-order valence-electron chi connectivity index (χ2n) is 11.7. The molecule has 0 aliphatic carbocycles. The maximum atomic E-state index is 15.3. The largest absolute Gasteiger partial charge is 0.381 e. The molecule has 10 heteroatoms. The van der Waals surface area contributed by atoms with Gasteiger partial charge < -0.3 is 14.5 Å². The van der Waals surface area contributed by atoms with Gasteiger partial charge in [-0.2, -0.15) is 4.98 Å². The molecule has 0 bridgehead atoms. The van der Waals surface area contributed by atoms with Gasteiger partial charge in [-0.25, -0.2) is 13.6 Å². The molecule has 3 aliphatic heterocycles. The summed E-state index contributed by atoms with van der Waals surface area (Å²) in [6.07, 6.45) is 2.97. The fourth-order valence-electron chi connectivity index (χ4n) is 6.83. The Labute approximate surface area is 242 Å². The number of rotatable bonds is 3. The lowest BCUT2D eigenvalue weighted by Gasteiger charge is -2.44. The van der Waals surface area contributed by atoms with Crippen molar-refractivity contribution in [1.29, 1.82) is 0 Å². The van der Waals surface area contributed by atoms with Crippen molar-refractivity contribution < 1.29 is 18.3 Å². The second-order valence-corrected chi connectivity index (χ2v) is 12.7. The minimum Gasteiger partial charge on any atom is -0.381 e. The number of hydrogen-bond donors (Lipinski definition) is 0. The van der Waals surface area contributed by atoms with Crippen LogP contribution in [-0.4, -0.2) is 64.5 Å². The average Bonchev–Trinajstić information content (AvgIpc) is 3.09. The van der Waals surface area contributed by atoms with Crippen LogP contribution in [0.4, 0.5) is 14.6 Å². The number of aromatic nitrogens is 2. The third kappa shape index (κ3) is 4.74. The van der Waals surface area contributed by atoms with Gasteiger partial charge in [-0.15, -0.1) is 11.8 Å². The summed E-state index contributed by atoms with van der Waals surface area (Å²) in [5.74, 6) is -0.0682. The zero-order valence-corrected chi connectivity index (χ0v) is 24.4. The van der Waals surface area contributed by atoms with E-state index >= 15 is 4.39 Å². The number of ether oxygens (including phenoxy) is 1. The number of aryl methyl sites for hydroxylation is 1. The van der Waals surface area contributed by atoms with Crippen LogP contribution in [0.25, 0.3) is 22.0 Å². The molecule has 41 heavy (non-hydrogen) atoms. The van der Waals surface area contributed by atoms with Gasteiger partial charge in [0.15, 0.2) is 0 Å². The zero-order valence-electron chi connectivity index (χ0n) is 23.6. The molecule has 1 spiro atoms. The Morgan fingerprint density at radius 2 is 1.88 bits per heavy atom. The van der Waals surface area contributed by atoms with E-state index in [0.29, 0.717) is 49.8 Å². The number of thioether (sulfide) groups is 1. The van der Waals surface area contributed by atoms with Crippen molar-refractivity contribution in [1.82, 2.24) is 14.5 Å². The molecule has 0 unspecified atom stereocenters. The van der Waals surface area contributed by atoms with E-state index in [1.165, 1.54) is 18.2 Å². The van der Waals surface area contributed by atoms with Gasteiger partial charge in [-0.05, 0) is 63.5 Å². The fraction of sp³-hybridized carbons (Fsp3) is 0.452. The maximum absolute atomic E-state index is 15.3. The summed E-state index contributed by atoms with van der Waals surface area (Å²) in [4.78, 5) is 35.8. The molecular weight excluding hydrogens is 546 g/mol. The van der Waals surface area contributed by atoms with Gasteiger partial charge in [-0.3, -0.25) is 9.36 Å². The first-order valence-electron chi connectivity index (χ1n) is 14.1. The van der Waals surface area contributed by atoms with Crippen molar-refractivity contribution in [2.75, 3.05) is 37.0 Å². The molecule has 4 heterocycles. The Kier molecular flexibility index (Phi) is 7.18. The molecule has 1 aromatic heterocycles. The number of carbonyl (C=O) groups is 1. The van der Waals surface area contributed by atoms with Crippen LogP contribution in [0.1, 0.15) is 32.3 Å². The van der Waals surface area contributed by atoms with E-state index in [4.69, 9.17) is 4.74 Å². The second kappa shape index (κ2) is 10.5. The van der Waals surface area contributed by atoms with E-state index in [1.807, 2.05) is 31.7 Å². The van der Waals surface area contributed by atoms with Crippen LogP contribution >= 0.6 is 11.8 Å². The van der Waals surface area contributed by atoms with Gasteiger partial charge in [-0.1, -0.05) is 6.58 Å². The number of halogens is 2. The molecule has 1 amide bonds. The van der Waals surface area contributed by atoms with Crippen molar-refractivity contribution in [3.8, 4) is 11.1 Å². The third-order valence-electron chi connectivity index (χ3n) is 8.81. The molecule has 0 saturated carbocycles. The van der Waals surface area contributed by atoms with Crippen molar-refractivity contribution >= 4 is 34.4 Å². The molecule has 0 N–H and O–H groups in total. The molecule has 2 aromatic carbocycles. The van der Waals surface area contributed by atoms with Gasteiger partial charge in [0.2, 0.25) is 5.91 Å². The summed E-state index contributed by atoms with van der Waals surface area (Å²) in [7, 11) is 0. The van der Waals surface area contributed by atoms with Crippen LogP contribution in [0.15, 0.2) is 46.6 Å². The SMILES string of the molecule is C=CC(=O)N1[C@H](C)CN(c2nc(=O)n3c4c(c(-c5ccc(F)cc5F)c(C)cc24)SCC2(CCOCC2)C3)C[C@@H]1C. The van der Waals surface area contributed by atoms with Gasteiger partial charge in [0.25, 0.3) is 0 Å². The first kappa shape index (κ1) is 27.9. The first-order chi connectivity index (χ1) is 19.6. The van der Waals surface area contributed by atoms with Gasteiger partial charge in [0.05, 0.1) is 5.52 Å². The highest BCUT2D eigenvalue weighted by molar-refractivity contribution is 7.99. The monoisotopic (exact) mass is 580 g/mol. The summed E-state index contributed by atoms with van der Waals surface area (Å²) in [5, 5.41) is 0.822. The van der Waals surface area contributed by atoms with Crippen LogP contribution in [0.2, 0.25) is 0 Å². The van der Waals surface area contributed by atoms with E-state index in [2.05, 4.69) is 16.5 Å². The topological polar surface area (TPSA) is 67.7 Å². The number of anilines is 1. The molecule has 7 nitrogen and oxygen atoms in total. The van der Waals surface area contributed by atoms with E-state index in [9.17, 15) is 14.0 Å². The Balaban J connectivity index is 1.58. The van der Waals surface area contributed by atoms with Gasteiger partial charge in [0.1, 0.15) is 17.5 Å². The number of hydrogen-bond acceptors (Lipinski definition) is 6. The highest BCUT2D eigenvalue weighted by Gasteiger charge is 2.39. The Morgan fingerprint density at radius 3 is 2.54 bits per heavy atom. The van der Waals surface area contributed by atoms with Crippen LogP contribution in [-0.2, 0) is 16.1 Å². The number of carbonyl (C=O) groups excluding carboxylic acids is 1. The lowest BCUT2D eigenvalue weighted by molar-refractivity contribution is -0.130. The lowest BCUT2D eigenvalue weighted by atomic mass is 9.82. The van der Waals surface area contributed by atoms with E-state index in [1.54, 1.807) is 16.3 Å². The molecule has 0 radical (unpaired) electrons. The van der Waals surface area contributed by atoms with Crippen molar-refractivity contribution in [3.63, 3.8) is 0 Å². The zero-order chi connectivity index (χ0) is 29.1. The summed E-state index contributed by atoms with van der Waals surface area (Å²) >= 11 is 1.64. The smallest absolute Gasteiger partial charge is 0.350 e. The van der Waals surface area contributed by atoms with Crippen LogP contribution in [0.5, 0.6) is 0 Å². The molecule has 3 aromatic rings. The summed E-state index contributed by atoms with van der Waals surface area (Å²) in [5.41, 5.74) is 2.05. The van der Waals surface area contributed by atoms with E-state index < -0.39 is 11.6 Å². The standard InChI is InChI=1S/C31H34F2N4O3S/c1-5-25(38)37-19(3)14-35(15-20(37)4)29-23-12-18(2)26(22-7-6-21(32)13-24(22)33)28-27(23)36(30(39)34-29)16-31(17-41-28)8-10-40-11-9-31/h5-7,12-13,19-20H,1,8-11,14-17H2,2-4H3/t19-,20+. The van der Waals surface area contributed by atoms with Gasteiger partial charge in [0, 0.05) is 83.6 Å². The van der Waals surface area contributed by atoms with Crippen molar-refractivity contribution in [2.45, 2.75) is 57.1 Å². The summed E-state index contributed by atoms with van der Waals surface area (Å²) < 4.78 is 36.6. The van der Waals surface area contributed by atoms with E-state index in [-0.39, 0.29) is 29.1 Å². The predicted molar refractivity (Wildman–Crippen MR) is 157 cm³/mol. The molecule has 2 fully saturated rings. The summed E-state index contributed by atoms with van der Waals surface area (Å²) in [6, 6.07) is 5.40. The number of benzene rings is 2. The van der Waals surface area contributed by atoms with Crippen molar-refractivity contribution in [2.24, 2.45) is 5.41 Å². The Morgan fingerprint density at radius 1 is 1.17 bits per heavy atom. The quantitative estimate of drug-likeness (QED) is 0.399. The highest BCUT2D eigenvalue weighted by atomic mass is 32.2.